The summed E-state index contributed by atoms with van der Waals surface area (Å²) in [5, 5.41) is 0. The third kappa shape index (κ3) is 6.92. The normalized spacial score (nSPS) is 16.6. The molecule has 4 rings (SSSR count). The van der Waals surface area contributed by atoms with Gasteiger partial charge in [0.15, 0.2) is 0 Å². The first-order valence-corrected chi connectivity index (χ1v) is 14.4. The minimum atomic E-state index is -0.761. The average molecular weight is 578 g/mol. The number of piperidine rings is 1. The molecular formula is C32H43N5O5. The van der Waals surface area contributed by atoms with Crippen molar-refractivity contribution in [1.82, 2.24) is 19.6 Å². The molecule has 0 saturated carbocycles. The lowest BCUT2D eigenvalue weighted by Gasteiger charge is -2.43. The minimum Gasteiger partial charge on any atom is -0.366 e. The number of benzene rings is 2. The number of hydrogen-bond acceptors (Lipinski definition) is 6. The van der Waals surface area contributed by atoms with Crippen molar-refractivity contribution in [2.45, 2.75) is 51.3 Å². The van der Waals surface area contributed by atoms with Crippen molar-refractivity contribution in [3.05, 3.63) is 65.7 Å². The Balaban J connectivity index is 1.51. The van der Waals surface area contributed by atoms with Crippen molar-refractivity contribution in [2.75, 3.05) is 59.0 Å². The average Bonchev–Trinajstić information content (AvgIpc) is 3.22. The van der Waals surface area contributed by atoms with E-state index in [-0.39, 0.29) is 36.8 Å². The van der Waals surface area contributed by atoms with Crippen LogP contribution in [0.3, 0.4) is 0 Å². The molecule has 2 aromatic rings. The van der Waals surface area contributed by atoms with E-state index in [2.05, 4.69) is 4.90 Å². The summed E-state index contributed by atoms with van der Waals surface area (Å²) in [7, 11) is 4.92. The second-order valence-electron chi connectivity index (χ2n) is 12.4. The maximum Gasteiger partial charge on any atom is 0.254 e. The zero-order valence-electron chi connectivity index (χ0n) is 25.6. The van der Waals surface area contributed by atoms with Crippen LogP contribution in [0.5, 0.6) is 0 Å². The van der Waals surface area contributed by atoms with E-state index in [9.17, 15) is 19.2 Å². The molecule has 2 heterocycles. The third-order valence-electron chi connectivity index (χ3n) is 7.92. The summed E-state index contributed by atoms with van der Waals surface area (Å²) in [6.45, 7) is 7.45. The Morgan fingerprint density at radius 1 is 0.952 bits per heavy atom. The molecule has 2 saturated heterocycles. The number of carbonyl (C=O) groups is 4. The first kappa shape index (κ1) is 31.0. The smallest absolute Gasteiger partial charge is 0.254 e. The molecule has 0 atom stereocenters. The summed E-state index contributed by atoms with van der Waals surface area (Å²) >= 11 is 0. The van der Waals surface area contributed by atoms with Gasteiger partial charge in [0.1, 0.15) is 12.1 Å². The van der Waals surface area contributed by atoms with Crippen LogP contribution >= 0.6 is 0 Å². The van der Waals surface area contributed by atoms with Crippen LogP contribution in [0.25, 0.3) is 0 Å². The Bertz CT molecular complexity index is 1300. The van der Waals surface area contributed by atoms with Crippen LogP contribution in [-0.4, -0.2) is 108 Å². The fourth-order valence-corrected chi connectivity index (χ4v) is 5.48. The highest BCUT2D eigenvalue weighted by Gasteiger charge is 2.54. The fraction of sp³-hybridized carbons (Fsp3) is 0.500. The summed E-state index contributed by atoms with van der Waals surface area (Å²) in [5.41, 5.74) is 1.09. The van der Waals surface area contributed by atoms with E-state index in [0.717, 1.165) is 11.3 Å². The van der Waals surface area contributed by atoms with Gasteiger partial charge in [-0.3, -0.25) is 19.2 Å². The van der Waals surface area contributed by atoms with Gasteiger partial charge in [0.25, 0.3) is 5.91 Å². The van der Waals surface area contributed by atoms with Crippen LogP contribution in [0, 0.1) is 0 Å². The predicted molar refractivity (Wildman–Crippen MR) is 161 cm³/mol. The Morgan fingerprint density at radius 3 is 2.24 bits per heavy atom. The molecule has 1 spiro atoms. The van der Waals surface area contributed by atoms with Gasteiger partial charge in [-0.15, -0.1) is 0 Å². The highest BCUT2D eigenvalue weighted by molar-refractivity contribution is 5.97. The van der Waals surface area contributed by atoms with Crippen LogP contribution in [-0.2, 0) is 25.7 Å². The lowest BCUT2D eigenvalue weighted by Crippen LogP contribution is -2.57. The zero-order chi connectivity index (χ0) is 30.7. The summed E-state index contributed by atoms with van der Waals surface area (Å²) in [4.78, 5) is 60.8. The Morgan fingerprint density at radius 2 is 1.62 bits per heavy atom. The molecule has 42 heavy (non-hydrogen) atoms. The molecule has 2 fully saturated rings. The lowest BCUT2D eigenvalue weighted by molar-refractivity contribution is -0.144. The number of likely N-dealkylation sites (tertiary alicyclic amines) is 1. The van der Waals surface area contributed by atoms with Crippen LogP contribution in [0.4, 0.5) is 5.69 Å². The van der Waals surface area contributed by atoms with Gasteiger partial charge in [0, 0.05) is 52.0 Å². The number of carbonyl (C=O) groups excluding carboxylic acids is 4. The topological polar surface area (TPSA) is 93.7 Å². The van der Waals surface area contributed by atoms with Crippen LogP contribution in [0.15, 0.2) is 54.6 Å². The Labute approximate surface area is 248 Å². The van der Waals surface area contributed by atoms with E-state index in [1.54, 1.807) is 44.2 Å². The zero-order valence-corrected chi connectivity index (χ0v) is 25.6. The molecule has 10 nitrogen and oxygen atoms in total. The van der Waals surface area contributed by atoms with Gasteiger partial charge in [0.2, 0.25) is 17.7 Å². The quantitative estimate of drug-likeness (QED) is 0.479. The molecule has 4 amide bonds. The number of ether oxygens (including phenoxy) is 1. The SMILES string of the molecule is CN(C)C(=O)CN(C)C(=O)c1cccc(CN2CN(c3ccccc3)C3(CCN(C(=O)COC(C)(C)C)CC3)C2=O)c1. The molecule has 0 radical (unpaired) electrons. The largest absolute Gasteiger partial charge is 0.366 e. The molecule has 2 aliphatic heterocycles. The monoisotopic (exact) mass is 577 g/mol. The van der Waals surface area contributed by atoms with Gasteiger partial charge < -0.3 is 29.2 Å². The van der Waals surface area contributed by atoms with Crippen molar-refractivity contribution in [1.29, 1.82) is 0 Å². The lowest BCUT2D eigenvalue weighted by atomic mass is 9.85. The van der Waals surface area contributed by atoms with Crippen molar-refractivity contribution in [2.24, 2.45) is 0 Å². The molecule has 0 aromatic heterocycles. The van der Waals surface area contributed by atoms with Crippen molar-refractivity contribution >= 4 is 29.3 Å². The minimum absolute atomic E-state index is 0.0168. The van der Waals surface area contributed by atoms with Crippen molar-refractivity contribution < 1.29 is 23.9 Å². The van der Waals surface area contributed by atoms with Gasteiger partial charge in [-0.05, 0) is 63.4 Å². The molecule has 10 heteroatoms. The number of amides is 4. The van der Waals surface area contributed by atoms with Crippen LogP contribution in [0.2, 0.25) is 0 Å². The fourth-order valence-electron chi connectivity index (χ4n) is 5.48. The second-order valence-corrected chi connectivity index (χ2v) is 12.4. The van der Waals surface area contributed by atoms with Crippen LogP contribution in [0.1, 0.15) is 49.5 Å². The van der Waals surface area contributed by atoms with E-state index < -0.39 is 11.1 Å². The van der Waals surface area contributed by atoms with E-state index in [0.29, 0.717) is 44.7 Å². The highest BCUT2D eigenvalue weighted by Crippen LogP contribution is 2.40. The van der Waals surface area contributed by atoms with E-state index in [1.165, 1.54) is 9.80 Å². The first-order valence-electron chi connectivity index (χ1n) is 14.4. The Hall–Kier alpha value is -3.92. The summed E-state index contributed by atoms with van der Waals surface area (Å²) in [6, 6.07) is 17.1. The maximum atomic E-state index is 14.2. The third-order valence-corrected chi connectivity index (χ3v) is 7.92. The van der Waals surface area contributed by atoms with E-state index in [1.807, 2.05) is 62.1 Å². The molecule has 0 aliphatic carbocycles. The molecular weight excluding hydrogens is 534 g/mol. The molecule has 226 valence electrons. The van der Waals surface area contributed by atoms with Crippen LogP contribution < -0.4 is 4.90 Å². The number of anilines is 1. The van der Waals surface area contributed by atoms with E-state index >= 15 is 0 Å². The Kier molecular flexibility index (Phi) is 9.25. The van der Waals surface area contributed by atoms with Crippen molar-refractivity contribution in [3.63, 3.8) is 0 Å². The number of likely N-dealkylation sites (N-methyl/N-ethyl adjacent to an activating group) is 2. The standard InChI is InChI=1S/C32H43N5O5/c1-31(2,3)42-22-28(39)35-17-15-32(16-18-35)30(41)36(23-37(32)26-13-8-7-9-14-26)20-24-11-10-12-25(19-24)29(40)34(6)21-27(38)33(4)5/h7-14,19H,15-18,20-23H2,1-6H3. The summed E-state index contributed by atoms with van der Waals surface area (Å²) in [5.74, 6) is -0.456. The second kappa shape index (κ2) is 12.5. The van der Waals surface area contributed by atoms with Gasteiger partial charge in [-0.1, -0.05) is 30.3 Å². The number of nitrogens with zero attached hydrogens (tertiary/aromatic N) is 5. The van der Waals surface area contributed by atoms with Gasteiger partial charge in [0.05, 0.1) is 18.8 Å². The van der Waals surface area contributed by atoms with Gasteiger partial charge in [-0.2, -0.15) is 0 Å². The first-order chi connectivity index (χ1) is 19.8. The van der Waals surface area contributed by atoms with E-state index in [4.69, 9.17) is 4.74 Å². The molecule has 2 aliphatic rings. The molecule has 2 aromatic carbocycles. The number of rotatable bonds is 8. The maximum absolute atomic E-state index is 14.2. The van der Waals surface area contributed by atoms with Crippen molar-refractivity contribution in [3.8, 4) is 0 Å². The number of para-hydroxylation sites is 1. The predicted octanol–water partition coefficient (Wildman–Crippen LogP) is 2.83. The summed E-state index contributed by atoms with van der Waals surface area (Å²) < 4.78 is 5.70. The molecule has 0 bridgehead atoms. The molecule has 0 unspecified atom stereocenters. The summed E-state index contributed by atoms with van der Waals surface area (Å²) in [6.07, 6.45) is 1.03. The highest BCUT2D eigenvalue weighted by atomic mass is 16.5. The van der Waals surface area contributed by atoms with Gasteiger partial charge >= 0.3 is 0 Å². The van der Waals surface area contributed by atoms with Gasteiger partial charge in [-0.25, -0.2) is 0 Å². The number of hydrogen-bond donors (Lipinski definition) is 0. The molecule has 0 N–H and O–H groups in total.